The lowest BCUT2D eigenvalue weighted by atomic mass is 10.2. The lowest BCUT2D eigenvalue weighted by Gasteiger charge is -2.14. The predicted molar refractivity (Wildman–Crippen MR) is 72.6 cm³/mol. The molecule has 0 aromatic carbocycles. The molecular formula is C12H17N5O. The number of aromatic nitrogens is 3. The van der Waals surface area contributed by atoms with Crippen LogP contribution in [0.2, 0.25) is 0 Å². The minimum atomic E-state index is -0.210. The largest absolute Gasteiger partial charge is 0.368 e. The number of hydrogen-bond donors (Lipinski definition) is 3. The monoisotopic (exact) mass is 247 g/mol. The van der Waals surface area contributed by atoms with Crippen molar-refractivity contribution >= 4 is 22.7 Å². The number of anilines is 2. The predicted octanol–water partition coefficient (Wildman–Crippen LogP) is 1.50. The third-order valence-electron chi connectivity index (χ3n) is 2.74. The molecule has 2 heterocycles. The molecule has 0 saturated heterocycles. The lowest BCUT2D eigenvalue weighted by Crippen LogP contribution is -2.19. The van der Waals surface area contributed by atoms with Crippen molar-refractivity contribution in [2.45, 2.75) is 32.7 Å². The molecule has 2 rings (SSSR count). The van der Waals surface area contributed by atoms with E-state index in [1.54, 1.807) is 12.3 Å². The van der Waals surface area contributed by atoms with Crippen LogP contribution >= 0.6 is 0 Å². The Morgan fingerprint density at radius 3 is 3.00 bits per heavy atom. The van der Waals surface area contributed by atoms with E-state index >= 15 is 0 Å². The third kappa shape index (κ3) is 2.42. The summed E-state index contributed by atoms with van der Waals surface area (Å²) in [5.41, 5.74) is 5.99. The molecule has 0 bridgehead atoms. The molecule has 6 heteroatoms. The van der Waals surface area contributed by atoms with E-state index in [0.717, 1.165) is 12.8 Å². The Kier molecular flexibility index (Phi) is 3.45. The van der Waals surface area contributed by atoms with Gasteiger partial charge < -0.3 is 16.0 Å². The van der Waals surface area contributed by atoms with Gasteiger partial charge in [0, 0.05) is 12.2 Å². The summed E-state index contributed by atoms with van der Waals surface area (Å²) in [7, 11) is 0. The standard InChI is InChI=1S/C12H17N5O/c1-3-4-7(2)15-10-9-8(16-12(13)17-10)5-6-14-11(9)18/h5-7H,3-4H2,1-2H3,(H,14,18)(H3,13,15,16,17)/t7-/m0/s1. The van der Waals surface area contributed by atoms with Gasteiger partial charge in [-0.2, -0.15) is 4.98 Å². The maximum Gasteiger partial charge on any atom is 0.261 e. The fourth-order valence-corrected chi connectivity index (χ4v) is 1.95. The number of nitrogens with one attached hydrogen (secondary N) is 2. The van der Waals surface area contributed by atoms with Crippen molar-refractivity contribution in [2.75, 3.05) is 11.1 Å². The van der Waals surface area contributed by atoms with E-state index in [2.05, 4.69) is 27.2 Å². The normalized spacial score (nSPS) is 12.6. The first-order valence-corrected chi connectivity index (χ1v) is 6.03. The average Bonchev–Trinajstić information content (AvgIpc) is 2.28. The van der Waals surface area contributed by atoms with Gasteiger partial charge in [0.15, 0.2) is 0 Å². The van der Waals surface area contributed by atoms with Gasteiger partial charge in [0.25, 0.3) is 5.56 Å². The van der Waals surface area contributed by atoms with Crippen LogP contribution in [0.1, 0.15) is 26.7 Å². The molecule has 2 aromatic rings. The van der Waals surface area contributed by atoms with Crippen LogP contribution in [0.3, 0.4) is 0 Å². The smallest absolute Gasteiger partial charge is 0.261 e. The molecule has 6 nitrogen and oxygen atoms in total. The number of H-pyrrole nitrogens is 1. The zero-order valence-corrected chi connectivity index (χ0v) is 10.5. The number of nitrogen functional groups attached to an aromatic ring is 1. The second-order valence-corrected chi connectivity index (χ2v) is 4.33. The molecule has 0 amide bonds. The molecule has 0 radical (unpaired) electrons. The van der Waals surface area contributed by atoms with Gasteiger partial charge >= 0.3 is 0 Å². The minimum absolute atomic E-state index is 0.166. The van der Waals surface area contributed by atoms with E-state index in [-0.39, 0.29) is 17.5 Å². The molecular weight excluding hydrogens is 230 g/mol. The molecule has 0 unspecified atom stereocenters. The van der Waals surface area contributed by atoms with Gasteiger partial charge in [0.1, 0.15) is 11.2 Å². The van der Waals surface area contributed by atoms with E-state index in [0.29, 0.717) is 16.7 Å². The topological polar surface area (TPSA) is 96.7 Å². The van der Waals surface area contributed by atoms with E-state index in [9.17, 15) is 4.79 Å². The van der Waals surface area contributed by atoms with Crippen molar-refractivity contribution < 1.29 is 0 Å². The van der Waals surface area contributed by atoms with Gasteiger partial charge in [-0.15, -0.1) is 0 Å². The lowest BCUT2D eigenvalue weighted by molar-refractivity contribution is 0.688. The molecule has 18 heavy (non-hydrogen) atoms. The first kappa shape index (κ1) is 12.3. The van der Waals surface area contributed by atoms with Crippen LogP contribution < -0.4 is 16.6 Å². The van der Waals surface area contributed by atoms with E-state index in [4.69, 9.17) is 5.73 Å². The Bertz CT molecular complexity index is 607. The fourth-order valence-electron chi connectivity index (χ4n) is 1.95. The van der Waals surface area contributed by atoms with Crippen molar-refractivity contribution in [3.63, 3.8) is 0 Å². The van der Waals surface area contributed by atoms with Gasteiger partial charge in [-0.05, 0) is 19.4 Å². The summed E-state index contributed by atoms with van der Waals surface area (Å²) < 4.78 is 0. The van der Waals surface area contributed by atoms with Crippen LogP contribution in [0, 0.1) is 0 Å². The molecule has 0 aliphatic carbocycles. The van der Waals surface area contributed by atoms with E-state index in [1.165, 1.54) is 0 Å². The van der Waals surface area contributed by atoms with Crippen LogP contribution in [-0.4, -0.2) is 21.0 Å². The average molecular weight is 247 g/mol. The summed E-state index contributed by atoms with van der Waals surface area (Å²) in [6.45, 7) is 4.15. The van der Waals surface area contributed by atoms with Crippen LogP contribution in [0.15, 0.2) is 17.1 Å². The molecule has 0 spiro atoms. The first-order valence-electron chi connectivity index (χ1n) is 6.03. The Morgan fingerprint density at radius 2 is 2.28 bits per heavy atom. The molecule has 0 aliphatic rings. The van der Waals surface area contributed by atoms with Gasteiger partial charge in [0.05, 0.1) is 5.52 Å². The summed E-state index contributed by atoms with van der Waals surface area (Å²) in [5.74, 6) is 0.666. The highest BCUT2D eigenvalue weighted by Gasteiger charge is 2.11. The number of nitrogens with two attached hydrogens (primary N) is 1. The Labute approximate surface area is 105 Å². The Hall–Kier alpha value is -2.11. The molecule has 0 saturated carbocycles. The minimum Gasteiger partial charge on any atom is -0.368 e. The van der Waals surface area contributed by atoms with Gasteiger partial charge in [0.2, 0.25) is 5.95 Å². The Balaban J connectivity index is 2.51. The Morgan fingerprint density at radius 1 is 1.50 bits per heavy atom. The maximum atomic E-state index is 11.8. The zero-order chi connectivity index (χ0) is 13.1. The highest BCUT2D eigenvalue weighted by Crippen LogP contribution is 2.18. The zero-order valence-electron chi connectivity index (χ0n) is 10.5. The van der Waals surface area contributed by atoms with Crippen molar-refractivity contribution in [1.29, 1.82) is 0 Å². The summed E-state index contributed by atoms with van der Waals surface area (Å²) >= 11 is 0. The SMILES string of the molecule is CCC[C@H](C)Nc1nc(N)nc2cc[nH]c(=O)c12. The van der Waals surface area contributed by atoms with Gasteiger partial charge in [-0.25, -0.2) is 4.98 Å². The number of fused-ring (bicyclic) bond motifs is 1. The van der Waals surface area contributed by atoms with Crippen LogP contribution in [0.25, 0.3) is 10.9 Å². The van der Waals surface area contributed by atoms with Crippen molar-refractivity contribution in [1.82, 2.24) is 15.0 Å². The molecule has 2 aromatic heterocycles. The summed E-state index contributed by atoms with van der Waals surface area (Å²) in [6, 6.07) is 1.94. The fraction of sp³-hybridized carbons (Fsp3) is 0.417. The number of pyridine rings is 1. The van der Waals surface area contributed by atoms with E-state index in [1.807, 2.05) is 6.92 Å². The number of rotatable bonds is 4. The number of hydrogen-bond acceptors (Lipinski definition) is 5. The van der Waals surface area contributed by atoms with Crippen LogP contribution in [-0.2, 0) is 0 Å². The molecule has 1 atom stereocenters. The number of nitrogens with zero attached hydrogens (tertiary/aromatic N) is 2. The van der Waals surface area contributed by atoms with Crippen LogP contribution in [0.5, 0.6) is 0 Å². The summed E-state index contributed by atoms with van der Waals surface area (Å²) in [6.07, 6.45) is 3.61. The quantitative estimate of drug-likeness (QED) is 0.760. The second kappa shape index (κ2) is 5.03. The third-order valence-corrected chi connectivity index (χ3v) is 2.74. The summed E-state index contributed by atoms with van der Waals surface area (Å²) in [4.78, 5) is 22.6. The maximum absolute atomic E-state index is 11.8. The molecule has 0 fully saturated rings. The van der Waals surface area contributed by atoms with Crippen molar-refractivity contribution in [3.05, 3.63) is 22.6 Å². The van der Waals surface area contributed by atoms with Crippen molar-refractivity contribution in [3.8, 4) is 0 Å². The van der Waals surface area contributed by atoms with E-state index < -0.39 is 0 Å². The number of aromatic amines is 1. The summed E-state index contributed by atoms with van der Waals surface area (Å²) in [5, 5.41) is 3.67. The highest BCUT2D eigenvalue weighted by molar-refractivity contribution is 5.88. The van der Waals surface area contributed by atoms with Gasteiger partial charge in [-0.1, -0.05) is 13.3 Å². The molecule has 4 N–H and O–H groups in total. The van der Waals surface area contributed by atoms with Crippen molar-refractivity contribution in [2.24, 2.45) is 0 Å². The second-order valence-electron chi connectivity index (χ2n) is 4.33. The first-order chi connectivity index (χ1) is 8.61. The van der Waals surface area contributed by atoms with Crippen LogP contribution in [0.4, 0.5) is 11.8 Å². The molecule has 0 aliphatic heterocycles. The van der Waals surface area contributed by atoms with Gasteiger partial charge in [-0.3, -0.25) is 4.79 Å². The molecule has 96 valence electrons. The highest BCUT2D eigenvalue weighted by atomic mass is 16.1.